The van der Waals surface area contributed by atoms with Crippen molar-refractivity contribution in [3.63, 3.8) is 0 Å². The molecule has 5 heteroatoms. The first-order valence-corrected chi connectivity index (χ1v) is 5.59. The molecule has 0 bridgehead atoms. The van der Waals surface area contributed by atoms with E-state index in [1.807, 2.05) is 0 Å². The average Bonchev–Trinajstić information content (AvgIpc) is 2.32. The number of hydrogen-bond acceptors (Lipinski definition) is 3. The number of benzene rings is 1. The molecule has 0 unspecified atom stereocenters. The highest BCUT2D eigenvalue weighted by molar-refractivity contribution is 5.94. The smallest absolute Gasteiger partial charge is 0.251 e. The van der Waals surface area contributed by atoms with Gasteiger partial charge < -0.3 is 16.2 Å². The van der Waals surface area contributed by atoms with Gasteiger partial charge in [-0.1, -0.05) is 0 Å². The van der Waals surface area contributed by atoms with Gasteiger partial charge in [0.2, 0.25) is 0 Å². The molecule has 0 fully saturated rings. The lowest BCUT2D eigenvalue weighted by molar-refractivity contribution is 0.0953. The molecule has 0 aliphatic heterocycles. The number of hydrogen-bond donors (Lipinski definition) is 3. The van der Waals surface area contributed by atoms with Crippen LogP contribution in [0.1, 0.15) is 29.6 Å². The number of amides is 1. The zero-order chi connectivity index (χ0) is 12.7. The summed E-state index contributed by atoms with van der Waals surface area (Å²) in [5.41, 5.74) is 5.69. The Hall–Kier alpha value is -1.62. The van der Waals surface area contributed by atoms with Crippen molar-refractivity contribution in [1.82, 2.24) is 5.32 Å². The van der Waals surface area contributed by atoms with Crippen LogP contribution in [0, 0.1) is 5.82 Å². The van der Waals surface area contributed by atoms with Crippen molar-refractivity contribution in [2.45, 2.75) is 19.3 Å². The van der Waals surface area contributed by atoms with Crippen molar-refractivity contribution in [3.05, 3.63) is 29.6 Å². The van der Waals surface area contributed by atoms with Crippen LogP contribution in [0.2, 0.25) is 0 Å². The fourth-order valence-electron chi connectivity index (χ4n) is 1.40. The maximum absolute atomic E-state index is 12.9. The molecular weight excluding hydrogens is 223 g/mol. The summed E-state index contributed by atoms with van der Waals surface area (Å²) in [6.07, 6.45) is 2.41. The molecule has 0 heterocycles. The zero-order valence-corrected chi connectivity index (χ0v) is 9.58. The van der Waals surface area contributed by atoms with Crippen LogP contribution >= 0.6 is 0 Å². The highest BCUT2D eigenvalue weighted by Crippen LogP contribution is 2.11. The fourth-order valence-corrected chi connectivity index (χ4v) is 1.40. The topological polar surface area (TPSA) is 75.4 Å². The maximum Gasteiger partial charge on any atom is 0.251 e. The third-order valence-electron chi connectivity index (χ3n) is 2.38. The van der Waals surface area contributed by atoms with Gasteiger partial charge in [-0.2, -0.15) is 0 Å². The van der Waals surface area contributed by atoms with Gasteiger partial charge in [-0.3, -0.25) is 4.79 Å². The van der Waals surface area contributed by atoms with E-state index in [-0.39, 0.29) is 18.2 Å². The largest absolute Gasteiger partial charge is 0.396 e. The Morgan fingerprint density at radius 1 is 1.35 bits per heavy atom. The summed E-state index contributed by atoms with van der Waals surface area (Å²) in [5.74, 6) is -0.787. The van der Waals surface area contributed by atoms with E-state index in [1.54, 1.807) is 0 Å². The second-order valence-electron chi connectivity index (χ2n) is 3.78. The highest BCUT2D eigenvalue weighted by atomic mass is 19.1. The van der Waals surface area contributed by atoms with E-state index in [0.29, 0.717) is 12.1 Å². The fraction of sp³-hybridized carbons (Fsp3) is 0.417. The van der Waals surface area contributed by atoms with Gasteiger partial charge in [-0.05, 0) is 37.5 Å². The number of rotatable bonds is 6. The van der Waals surface area contributed by atoms with Gasteiger partial charge in [0.15, 0.2) is 0 Å². The normalized spacial score (nSPS) is 10.2. The predicted molar refractivity (Wildman–Crippen MR) is 64.1 cm³/mol. The molecule has 0 atom stereocenters. The number of carbonyl (C=O) groups is 1. The Bertz CT molecular complexity index is 383. The first-order valence-electron chi connectivity index (χ1n) is 5.59. The Kier molecular flexibility index (Phi) is 5.42. The van der Waals surface area contributed by atoms with Crippen LogP contribution in [0.25, 0.3) is 0 Å². The monoisotopic (exact) mass is 240 g/mol. The van der Waals surface area contributed by atoms with E-state index >= 15 is 0 Å². The summed E-state index contributed by atoms with van der Waals surface area (Å²) < 4.78 is 12.9. The SMILES string of the molecule is Nc1cc(C(=O)NCCCCCO)ccc1F. The number of unbranched alkanes of at least 4 members (excludes halogenated alkanes) is 2. The second kappa shape index (κ2) is 6.85. The van der Waals surface area contributed by atoms with E-state index in [4.69, 9.17) is 10.8 Å². The lowest BCUT2D eigenvalue weighted by Gasteiger charge is -2.05. The molecule has 0 aliphatic rings. The lowest BCUT2D eigenvalue weighted by atomic mass is 10.2. The maximum atomic E-state index is 12.9. The highest BCUT2D eigenvalue weighted by Gasteiger charge is 2.07. The van der Waals surface area contributed by atoms with E-state index < -0.39 is 5.82 Å². The predicted octanol–water partition coefficient (Wildman–Crippen LogP) is 1.30. The molecular formula is C12H17FN2O2. The van der Waals surface area contributed by atoms with Crippen LogP contribution in [0.3, 0.4) is 0 Å². The average molecular weight is 240 g/mol. The van der Waals surface area contributed by atoms with Gasteiger partial charge in [-0.15, -0.1) is 0 Å². The van der Waals surface area contributed by atoms with E-state index in [9.17, 15) is 9.18 Å². The van der Waals surface area contributed by atoms with Crippen LogP contribution in [-0.4, -0.2) is 24.2 Å². The number of carbonyl (C=O) groups excluding carboxylic acids is 1. The second-order valence-corrected chi connectivity index (χ2v) is 3.78. The minimum Gasteiger partial charge on any atom is -0.396 e. The first kappa shape index (κ1) is 13.4. The number of nitrogens with two attached hydrogens (primary N) is 1. The number of aliphatic hydroxyl groups excluding tert-OH is 1. The van der Waals surface area contributed by atoms with Crippen LogP contribution in [0.15, 0.2) is 18.2 Å². The molecule has 0 radical (unpaired) electrons. The number of nitrogen functional groups attached to an aromatic ring is 1. The van der Waals surface area contributed by atoms with Gasteiger partial charge in [0.05, 0.1) is 5.69 Å². The van der Waals surface area contributed by atoms with Gasteiger partial charge >= 0.3 is 0 Å². The molecule has 1 aromatic carbocycles. The summed E-state index contributed by atoms with van der Waals surface area (Å²) in [6.45, 7) is 0.707. The molecule has 94 valence electrons. The molecule has 0 aromatic heterocycles. The standard InChI is InChI=1S/C12H17FN2O2/c13-10-5-4-9(8-11(10)14)12(17)15-6-2-1-3-7-16/h4-5,8,16H,1-3,6-7,14H2,(H,15,17). The van der Waals surface area contributed by atoms with E-state index in [0.717, 1.165) is 19.3 Å². The third-order valence-corrected chi connectivity index (χ3v) is 2.38. The molecule has 0 saturated carbocycles. The number of aliphatic hydroxyl groups is 1. The molecule has 1 aromatic rings. The van der Waals surface area contributed by atoms with Crippen molar-refractivity contribution in [1.29, 1.82) is 0 Å². The Morgan fingerprint density at radius 2 is 2.12 bits per heavy atom. The molecule has 0 saturated heterocycles. The van der Waals surface area contributed by atoms with Crippen molar-refractivity contribution >= 4 is 11.6 Å². The van der Waals surface area contributed by atoms with Crippen molar-refractivity contribution in [2.24, 2.45) is 0 Å². The summed E-state index contributed by atoms with van der Waals surface area (Å²) >= 11 is 0. The molecule has 4 N–H and O–H groups in total. The van der Waals surface area contributed by atoms with Gasteiger partial charge in [0.25, 0.3) is 5.91 Å². The van der Waals surface area contributed by atoms with Crippen molar-refractivity contribution in [3.8, 4) is 0 Å². The number of nitrogens with one attached hydrogen (secondary N) is 1. The minimum absolute atomic E-state index is 0.0297. The lowest BCUT2D eigenvalue weighted by Crippen LogP contribution is -2.24. The van der Waals surface area contributed by atoms with Gasteiger partial charge in [0, 0.05) is 18.7 Å². The molecule has 0 aliphatic carbocycles. The molecule has 17 heavy (non-hydrogen) atoms. The molecule has 4 nitrogen and oxygen atoms in total. The van der Waals surface area contributed by atoms with E-state index in [1.165, 1.54) is 18.2 Å². The van der Waals surface area contributed by atoms with E-state index in [2.05, 4.69) is 5.32 Å². The van der Waals surface area contributed by atoms with Crippen molar-refractivity contribution < 1.29 is 14.3 Å². The Balaban J connectivity index is 2.39. The molecule has 1 rings (SSSR count). The Labute approximate surface area is 99.6 Å². The Morgan fingerprint density at radius 3 is 2.76 bits per heavy atom. The third kappa shape index (κ3) is 4.40. The number of halogens is 1. The molecule has 1 amide bonds. The number of anilines is 1. The quantitative estimate of drug-likeness (QED) is 0.518. The summed E-state index contributed by atoms with van der Waals surface area (Å²) in [5, 5.41) is 11.3. The van der Waals surface area contributed by atoms with Crippen molar-refractivity contribution in [2.75, 3.05) is 18.9 Å². The van der Waals surface area contributed by atoms with Crippen LogP contribution < -0.4 is 11.1 Å². The molecule has 0 spiro atoms. The van der Waals surface area contributed by atoms with Crippen LogP contribution in [0.5, 0.6) is 0 Å². The van der Waals surface area contributed by atoms with Gasteiger partial charge in [-0.25, -0.2) is 4.39 Å². The van der Waals surface area contributed by atoms with Gasteiger partial charge in [0.1, 0.15) is 5.82 Å². The summed E-state index contributed by atoms with van der Waals surface area (Å²) in [4.78, 5) is 11.6. The van der Waals surface area contributed by atoms with Crippen LogP contribution in [0.4, 0.5) is 10.1 Å². The summed E-state index contributed by atoms with van der Waals surface area (Å²) in [7, 11) is 0. The zero-order valence-electron chi connectivity index (χ0n) is 9.58. The summed E-state index contributed by atoms with van der Waals surface area (Å²) in [6, 6.07) is 3.89. The van der Waals surface area contributed by atoms with Crippen LogP contribution in [-0.2, 0) is 0 Å². The first-order chi connectivity index (χ1) is 8.15. The minimum atomic E-state index is -0.524.